The molecule has 0 aliphatic carbocycles. The maximum atomic E-state index is 4.20. The van der Waals surface area contributed by atoms with Crippen molar-refractivity contribution >= 4 is 11.6 Å². The van der Waals surface area contributed by atoms with E-state index >= 15 is 0 Å². The minimum Gasteiger partial charge on any atom is -0.370 e. The van der Waals surface area contributed by atoms with Gasteiger partial charge in [-0.25, -0.2) is 4.98 Å². The van der Waals surface area contributed by atoms with E-state index < -0.39 is 0 Å². The van der Waals surface area contributed by atoms with Crippen LogP contribution in [0.2, 0.25) is 0 Å². The molecule has 2 N–H and O–H groups in total. The number of nitrogens with one attached hydrogen (secondary N) is 2. The molecule has 5 nitrogen and oxygen atoms in total. The molecule has 2 rings (SSSR count). The predicted octanol–water partition coefficient (Wildman–Crippen LogP) is 2.40. The predicted molar refractivity (Wildman–Crippen MR) is 77.3 cm³/mol. The van der Waals surface area contributed by atoms with E-state index in [4.69, 9.17) is 0 Å². The zero-order chi connectivity index (χ0) is 13.5. The van der Waals surface area contributed by atoms with Gasteiger partial charge in [0.15, 0.2) is 0 Å². The highest BCUT2D eigenvalue weighted by molar-refractivity contribution is 5.37. The summed E-state index contributed by atoms with van der Waals surface area (Å²) in [4.78, 5) is 4.20. The second-order valence-electron chi connectivity index (χ2n) is 4.42. The molecule has 0 atom stereocenters. The molecule has 5 heteroatoms. The molecule has 19 heavy (non-hydrogen) atoms. The van der Waals surface area contributed by atoms with Crippen LogP contribution in [0, 0.1) is 13.8 Å². The number of pyridine rings is 1. The minimum atomic E-state index is 0.834. The van der Waals surface area contributed by atoms with Gasteiger partial charge in [-0.3, -0.25) is 0 Å². The van der Waals surface area contributed by atoms with Crippen LogP contribution < -0.4 is 10.6 Å². The molecule has 2 heterocycles. The van der Waals surface area contributed by atoms with Crippen molar-refractivity contribution in [2.75, 3.05) is 23.7 Å². The van der Waals surface area contributed by atoms with Gasteiger partial charge < -0.3 is 10.6 Å². The average molecular weight is 257 g/mol. The second kappa shape index (κ2) is 6.68. The Hall–Kier alpha value is -2.17. The minimum absolute atomic E-state index is 0.834. The summed E-state index contributed by atoms with van der Waals surface area (Å²) < 4.78 is 0. The van der Waals surface area contributed by atoms with Crippen molar-refractivity contribution in [2.45, 2.75) is 20.3 Å². The zero-order valence-electron chi connectivity index (χ0n) is 11.3. The SMILES string of the molecule is Cc1cc(NCCCNc2ccccn2)nnc1C. The van der Waals surface area contributed by atoms with Crippen LogP contribution in [0.4, 0.5) is 11.6 Å². The summed E-state index contributed by atoms with van der Waals surface area (Å²) in [7, 11) is 0. The molecule has 0 unspecified atom stereocenters. The third-order valence-corrected chi connectivity index (χ3v) is 2.86. The first-order valence-corrected chi connectivity index (χ1v) is 6.45. The van der Waals surface area contributed by atoms with Gasteiger partial charge in [0.25, 0.3) is 0 Å². The summed E-state index contributed by atoms with van der Waals surface area (Å²) in [5, 5.41) is 14.7. The number of aryl methyl sites for hydroxylation is 2. The van der Waals surface area contributed by atoms with E-state index in [9.17, 15) is 0 Å². The van der Waals surface area contributed by atoms with E-state index in [1.54, 1.807) is 6.20 Å². The van der Waals surface area contributed by atoms with Crippen LogP contribution in [0.25, 0.3) is 0 Å². The van der Waals surface area contributed by atoms with Crippen LogP contribution >= 0.6 is 0 Å². The number of hydrogen-bond donors (Lipinski definition) is 2. The Morgan fingerprint density at radius 2 is 1.79 bits per heavy atom. The van der Waals surface area contributed by atoms with Gasteiger partial charge in [-0.2, -0.15) is 5.10 Å². The van der Waals surface area contributed by atoms with Crippen molar-refractivity contribution in [1.29, 1.82) is 0 Å². The van der Waals surface area contributed by atoms with Crippen LogP contribution in [0.1, 0.15) is 17.7 Å². The first-order chi connectivity index (χ1) is 9.25. The van der Waals surface area contributed by atoms with Crippen molar-refractivity contribution in [3.8, 4) is 0 Å². The van der Waals surface area contributed by atoms with E-state index in [2.05, 4.69) is 25.8 Å². The summed E-state index contributed by atoms with van der Waals surface area (Å²) in [6, 6.07) is 7.86. The molecule has 0 aliphatic rings. The molecule has 0 aliphatic heterocycles. The molecule has 0 saturated heterocycles. The zero-order valence-corrected chi connectivity index (χ0v) is 11.3. The van der Waals surface area contributed by atoms with Crippen molar-refractivity contribution in [3.05, 3.63) is 41.7 Å². The lowest BCUT2D eigenvalue weighted by Gasteiger charge is -2.07. The fraction of sp³-hybridized carbons (Fsp3) is 0.357. The lowest BCUT2D eigenvalue weighted by molar-refractivity contribution is 0.881. The van der Waals surface area contributed by atoms with E-state index in [1.807, 2.05) is 38.1 Å². The smallest absolute Gasteiger partial charge is 0.148 e. The van der Waals surface area contributed by atoms with Crippen molar-refractivity contribution < 1.29 is 0 Å². The van der Waals surface area contributed by atoms with Crippen LogP contribution in [-0.4, -0.2) is 28.3 Å². The molecule has 100 valence electrons. The highest BCUT2D eigenvalue weighted by Gasteiger charge is 1.98. The van der Waals surface area contributed by atoms with Gasteiger partial charge in [0.2, 0.25) is 0 Å². The molecular weight excluding hydrogens is 238 g/mol. The molecule has 0 fully saturated rings. The highest BCUT2D eigenvalue weighted by atomic mass is 15.2. The Morgan fingerprint density at radius 1 is 1.00 bits per heavy atom. The van der Waals surface area contributed by atoms with Gasteiger partial charge in [-0.1, -0.05) is 6.07 Å². The second-order valence-corrected chi connectivity index (χ2v) is 4.42. The fourth-order valence-electron chi connectivity index (χ4n) is 1.62. The molecule has 0 amide bonds. The number of aromatic nitrogens is 3. The van der Waals surface area contributed by atoms with Crippen molar-refractivity contribution in [3.63, 3.8) is 0 Å². The summed E-state index contributed by atoms with van der Waals surface area (Å²) in [6.07, 6.45) is 2.77. The standard InChI is InChI=1S/C14H19N5/c1-11-10-14(19-18-12(11)2)17-9-5-8-16-13-6-3-4-7-15-13/h3-4,6-7,10H,5,8-9H2,1-2H3,(H,15,16)(H,17,19). The van der Waals surface area contributed by atoms with Crippen LogP contribution in [0.5, 0.6) is 0 Å². The maximum absolute atomic E-state index is 4.20. The third-order valence-electron chi connectivity index (χ3n) is 2.86. The van der Waals surface area contributed by atoms with E-state index in [1.165, 1.54) is 0 Å². The normalized spacial score (nSPS) is 10.2. The van der Waals surface area contributed by atoms with Gasteiger partial charge in [0, 0.05) is 19.3 Å². The van der Waals surface area contributed by atoms with Crippen LogP contribution in [0.3, 0.4) is 0 Å². The Bertz CT molecular complexity index is 512. The topological polar surface area (TPSA) is 62.7 Å². The number of nitrogens with zero attached hydrogens (tertiary/aromatic N) is 3. The van der Waals surface area contributed by atoms with Gasteiger partial charge in [0.1, 0.15) is 11.6 Å². The van der Waals surface area contributed by atoms with Crippen LogP contribution in [-0.2, 0) is 0 Å². The average Bonchev–Trinajstić information content (AvgIpc) is 2.43. The molecular formula is C14H19N5. The molecule has 0 bridgehead atoms. The molecule has 0 saturated carbocycles. The number of anilines is 2. The molecule has 2 aromatic heterocycles. The van der Waals surface area contributed by atoms with Crippen molar-refractivity contribution in [1.82, 2.24) is 15.2 Å². The summed E-state index contributed by atoms with van der Waals surface area (Å²) in [5.74, 6) is 1.74. The summed E-state index contributed by atoms with van der Waals surface area (Å²) >= 11 is 0. The third kappa shape index (κ3) is 4.21. The van der Waals surface area contributed by atoms with Crippen LogP contribution in [0.15, 0.2) is 30.5 Å². The molecule has 0 radical (unpaired) electrons. The largest absolute Gasteiger partial charge is 0.370 e. The van der Waals surface area contributed by atoms with E-state index in [0.717, 1.165) is 42.4 Å². The number of hydrogen-bond acceptors (Lipinski definition) is 5. The summed E-state index contributed by atoms with van der Waals surface area (Å²) in [5.41, 5.74) is 2.13. The quantitative estimate of drug-likeness (QED) is 0.778. The Morgan fingerprint density at radius 3 is 2.47 bits per heavy atom. The van der Waals surface area contributed by atoms with Gasteiger partial charge in [0.05, 0.1) is 5.69 Å². The van der Waals surface area contributed by atoms with Crippen molar-refractivity contribution in [2.24, 2.45) is 0 Å². The van der Waals surface area contributed by atoms with E-state index in [0.29, 0.717) is 0 Å². The first kappa shape index (κ1) is 13.3. The van der Waals surface area contributed by atoms with Gasteiger partial charge in [-0.05, 0) is 44.0 Å². The molecule has 2 aromatic rings. The summed E-state index contributed by atoms with van der Waals surface area (Å²) in [6.45, 7) is 5.74. The number of rotatable bonds is 6. The highest BCUT2D eigenvalue weighted by Crippen LogP contribution is 2.07. The Balaban J connectivity index is 1.68. The van der Waals surface area contributed by atoms with E-state index in [-0.39, 0.29) is 0 Å². The Labute approximate surface area is 113 Å². The molecule has 0 aromatic carbocycles. The lowest BCUT2D eigenvalue weighted by Crippen LogP contribution is -2.11. The van der Waals surface area contributed by atoms with Gasteiger partial charge in [-0.15, -0.1) is 5.10 Å². The maximum Gasteiger partial charge on any atom is 0.148 e. The first-order valence-electron chi connectivity index (χ1n) is 6.45. The lowest BCUT2D eigenvalue weighted by atomic mass is 10.2. The Kier molecular flexibility index (Phi) is 4.66. The fourth-order valence-corrected chi connectivity index (χ4v) is 1.62. The van der Waals surface area contributed by atoms with Gasteiger partial charge >= 0.3 is 0 Å². The monoisotopic (exact) mass is 257 g/mol. The molecule has 0 spiro atoms.